The van der Waals surface area contributed by atoms with Crippen molar-refractivity contribution in [3.63, 3.8) is 0 Å². The highest BCUT2D eigenvalue weighted by Gasteiger charge is 2.26. The molecule has 4 aromatic rings. The number of ether oxygens (including phenoxy) is 5. The molecule has 2 aliphatic rings. The monoisotopic (exact) mass is 775 g/mol. The largest absolute Gasteiger partial charge is 0.496 e. The average Bonchev–Trinajstić information content (AvgIpc) is 3.50. The highest BCUT2D eigenvalue weighted by Crippen LogP contribution is 2.41. The number of rotatable bonds is 17. The van der Waals surface area contributed by atoms with Crippen molar-refractivity contribution in [2.24, 2.45) is 4.99 Å². The molecule has 0 N–H and O–H groups in total. The number of methoxy groups -OCH3 is 5. The topological polar surface area (TPSA) is 65.0 Å². The van der Waals surface area contributed by atoms with E-state index in [1.165, 1.54) is 21.7 Å². The minimum atomic E-state index is 0.421. The van der Waals surface area contributed by atoms with Gasteiger partial charge in [-0.3, -0.25) is 9.89 Å². The Morgan fingerprint density at radius 1 is 0.768 bits per heavy atom. The number of likely N-dealkylation sites (tertiary alicyclic amines) is 1. The summed E-state index contributed by atoms with van der Waals surface area (Å²) >= 11 is 1.79. The van der Waals surface area contributed by atoms with Crippen molar-refractivity contribution in [2.45, 2.75) is 62.9 Å². The SMILES string of the molecule is CCCCc1c(OC)cc(C2=NC=CCC(CN3CCC(N(Cc4ccc(-c5cc(OC)c(OC)c(OC)c5)cc4)c4cccc(SC)c4)CC3)=C2)cc1OC. The number of nitrogens with zero attached hydrogens (tertiary/aromatic N) is 3. The van der Waals surface area contributed by atoms with Crippen molar-refractivity contribution in [2.75, 3.05) is 66.3 Å². The number of hydrogen-bond acceptors (Lipinski definition) is 9. The van der Waals surface area contributed by atoms with E-state index in [0.717, 1.165) is 104 Å². The Labute approximate surface area is 338 Å². The van der Waals surface area contributed by atoms with E-state index < -0.39 is 0 Å². The van der Waals surface area contributed by atoms with Crippen LogP contribution in [0.5, 0.6) is 28.7 Å². The maximum absolute atomic E-state index is 5.85. The quantitative estimate of drug-likeness (QED) is 0.0983. The van der Waals surface area contributed by atoms with Gasteiger partial charge in [-0.25, -0.2) is 0 Å². The molecule has 0 spiro atoms. The molecule has 0 amide bonds. The van der Waals surface area contributed by atoms with Gasteiger partial charge in [-0.15, -0.1) is 11.8 Å². The molecule has 6 rings (SSSR count). The molecule has 0 atom stereocenters. The molecule has 0 bridgehead atoms. The van der Waals surface area contributed by atoms with Crippen LogP contribution in [0.3, 0.4) is 0 Å². The van der Waals surface area contributed by atoms with Gasteiger partial charge in [0.15, 0.2) is 11.5 Å². The third-order valence-corrected chi connectivity index (χ3v) is 11.6. The van der Waals surface area contributed by atoms with Crippen LogP contribution in [0.2, 0.25) is 0 Å². The van der Waals surface area contributed by atoms with Gasteiger partial charge in [0.25, 0.3) is 0 Å². The van der Waals surface area contributed by atoms with E-state index >= 15 is 0 Å². The summed E-state index contributed by atoms with van der Waals surface area (Å²) in [5.41, 5.74) is 9.09. The number of thioether (sulfide) groups is 1. The number of benzene rings is 4. The van der Waals surface area contributed by atoms with Crippen LogP contribution in [0.25, 0.3) is 11.1 Å². The lowest BCUT2D eigenvalue weighted by Crippen LogP contribution is -2.45. The fraction of sp³-hybridized carbons (Fsp3) is 0.383. The molecule has 1 fully saturated rings. The highest BCUT2D eigenvalue weighted by molar-refractivity contribution is 7.98. The molecule has 4 aromatic carbocycles. The van der Waals surface area contributed by atoms with Gasteiger partial charge in [0.05, 0.1) is 41.3 Å². The first-order valence-electron chi connectivity index (χ1n) is 19.6. The number of allylic oxidation sites excluding steroid dienone is 2. The van der Waals surface area contributed by atoms with E-state index in [1.54, 1.807) is 47.3 Å². The Morgan fingerprint density at radius 2 is 1.43 bits per heavy atom. The maximum atomic E-state index is 5.85. The normalized spacial score (nSPS) is 14.8. The molecule has 56 heavy (non-hydrogen) atoms. The van der Waals surface area contributed by atoms with E-state index in [0.29, 0.717) is 23.3 Å². The predicted molar refractivity (Wildman–Crippen MR) is 232 cm³/mol. The standard InChI is InChI=1S/C47H57N3O5S/c1-8-9-15-41-43(51-2)28-37(29-44(41)52-3)42-25-34(12-11-22-48-42)31-49-23-20-38(21-24-49)50(39-13-10-14-40(30-39)56-7)32-33-16-18-35(19-17-33)36-26-45(53-4)47(55-6)46(27-36)54-5/h10-11,13-14,16-19,22,25-30,38H,8-9,12,15,20-21,23-24,31-32H2,1-7H3. The Kier molecular flexibility index (Phi) is 14.4. The Bertz CT molecular complexity index is 1970. The molecule has 8 nitrogen and oxygen atoms in total. The molecule has 9 heteroatoms. The molecule has 2 heterocycles. The van der Waals surface area contributed by atoms with E-state index in [1.807, 2.05) is 18.3 Å². The van der Waals surface area contributed by atoms with Gasteiger partial charge in [0, 0.05) is 60.1 Å². The van der Waals surface area contributed by atoms with Crippen molar-refractivity contribution in [1.29, 1.82) is 0 Å². The molecular weight excluding hydrogens is 719 g/mol. The summed E-state index contributed by atoms with van der Waals surface area (Å²) < 4.78 is 28.5. The fourth-order valence-corrected chi connectivity index (χ4v) is 8.22. The Morgan fingerprint density at radius 3 is 2.04 bits per heavy atom. The second-order valence-corrected chi connectivity index (χ2v) is 15.2. The summed E-state index contributed by atoms with van der Waals surface area (Å²) in [5, 5.41) is 0. The molecule has 0 saturated carbocycles. The second-order valence-electron chi connectivity index (χ2n) is 14.3. The van der Waals surface area contributed by atoms with Crippen molar-refractivity contribution in [3.8, 4) is 39.9 Å². The third-order valence-electron chi connectivity index (χ3n) is 10.8. The van der Waals surface area contributed by atoms with Gasteiger partial charge in [-0.1, -0.05) is 55.3 Å². The molecule has 2 aliphatic heterocycles. The first-order valence-corrected chi connectivity index (χ1v) is 20.8. The van der Waals surface area contributed by atoms with E-state index in [2.05, 4.69) is 95.8 Å². The fourth-order valence-electron chi connectivity index (χ4n) is 7.77. The van der Waals surface area contributed by atoms with Gasteiger partial charge < -0.3 is 28.6 Å². The molecule has 0 aromatic heterocycles. The minimum absolute atomic E-state index is 0.421. The van der Waals surface area contributed by atoms with Crippen LogP contribution in [-0.2, 0) is 13.0 Å². The predicted octanol–water partition coefficient (Wildman–Crippen LogP) is 10.3. The summed E-state index contributed by atoms with van der Waals surface area (Å²) in [7, 11) is 8.41. The number of unbranched alkanes of at least 4 members (excludes halogenated alkanes) is 1. The van der Waals surface area contributed by atoms with Gasteiger partial charge >= 0.3 is 0 Å². The van der Waals surface area contributed by atoms with Crippen LogP contribution in [0.15, 0.2) is 107 Å². The highest BCUT2D eigenvalue weighted by atomic mass is 32.2. The first kappa shape index (κ1) is 40.8. The van der Waals surface area contributed by atoms with E-state index in [9.17, 15) is 0 Å². The lowest BCUT2D eigenvalue weighted by Gasteiger charge is -2.40. The Balaban J connectivity index is 1.17. The first-order chi connectivity index (χ1) is 27.4. The smallest absolute Gasteiger partial charge is 0.203 e. The van der Waals surface area contributed by atoms with Crippen molar-refractivity contribution >= 4 is 23.2 Å². The lowest BCUT2D eigenvalue weighted by atomic mass is 9.98. The van der Waals surface area contributed by atoms with Crippen molar-refractivity contribution in [3.05, 3.63) is 113 Å². The van der Waals surface area contributed by atoms with Crippen molar-refractivity contribution in [1.82, 2.24) is 4.90 Å². The number of hydrogen-bond donors (Lipinski definition) is 0. The van der Waals surface area contributed by atoms with Gasteiger partial charge in [-0.2, -0.15) is 0 Å². The zero-order chi connectivity index (χ0) is 39.4. The maximum Gasteiger partial charge on any atom is 0.203 e. The summed E-state index contributed by atoms with van der Waals surface area (Å²) in [4.78, 5) is 11.4. The van der Waals surface area contributed by atoms with Crippen LogP contribution in [0, 0.1) is 0 Å². The zero-order valence-electron chi connectivity index (χ0n) is 34.1. The van der Waals surface area contributed by atoms with Crippen LogP contribution in [0.4, 0.5) is 5.69 Å². The van der Waals surface area contributed by atoms with Crippen molar-refractivity contribution < 1.29 is 23.7 Å². The van der Waals surface area contributed by atoms with E-state index in [4.69, 9.17) is 28.7 Å². The van der Waals surface area contributed by atoms with Gasteiger partial charge in [0.1, 0.15) is 11.5 Å². The minimum Gasteiger partial charge on any atom is -0.496 e. The zero-order valence-corrected chi connectivity index (χ0v) is 34.9. The van der Waals surface area contributed by atoms with E-state index in [-0.39, 0.29) is 0 Å². The average molecular weight is 776 g/mol. The Hall–Kier alpha value is -4.86. The molecule has 0 radical (unpaired) electrons. The summed E-state index contributed by atoms with van der Waals surface area (Å²) in [6.07, 6.45) is 14.7. The van der Waals surface area contributed by atoms with Crippen LogP contribution in [0.1, 0.15) is 55.7 Å². The molecule has 1 saturated heterocycles. The second kappa shape index (κ2) is 19.8. The lowest BCUT2D eigenvalue weighted by molar-refractivity contribution is 0.222. The summed E-state index contributed by atoms with van der Waals surface area (Å²) in [6.45, 7) is 6.02. The summed E-state index contributed by atoms with van der Waals surface area (Å²) in [6, 6.07) is 26.5. The van der Waals surface area contributed by atoms with Gasteiger partial charge in [0.2, 0.25) is 5.75 Å². The molecule has 0 unspecified atom stereocenters. The number of piperidine rings is 1. The van der Waals surface area contributed by atoms with Gasteiger partial charge in [-0.05, 0) is 104 Å². The van der Waals surface area contributed by atoms with Crippen LogP contribution >= 0.6 is 11.8 Å². The van der Waals surface area contributed by atoms with Crippen LogP contribution < -0.4 is 28.6 Å². The molecule has 296 valence electrons. The number of anilines is 1. The molecular formula is C47H57N3O5S. The summed E-state index contributed by atoms with van der Waals surface area (Å²) in [5.74, 6) is 3.61. The number of aliphatic imine (C=N–C) groups is 1. The third kappa shape index (κ3) is 9.74. The van der Waals surface area contributed by atoms with Crippen LogP contribution in [-0.4, -0.2) is 78.1 Å². The molecule has 0 aliphatic carbocycles.